The number of hydrogen-bond donors (Lipinski definition) is 2. The molecule has 18 heavy (non-hydrogen) atoms. The maximum atomic E-state index is 12.0. The van der Waals surface area contributed by atoms with Crippen LogP contribution in [-0.2, 0) is 19.4 Å². The number of aliphatic carboxylic acids is 1. The Hall–Kier alpha value is -1.89. The van der Waals surface area contributed by atoms with E-state index >= 15 is 0 Å². The molecule has 1 aliphatic rings. The Morgan fingerprint density at radius 3 is 2.72 bits per heavy atom. The average molecular weight is 269 g/mol. The molecule has 0 fully saturated rings. The van der Waals surface area contributed by atoms with Crippen LogP contribution in [0.5, 0.6) is 0 Å². The van der Waals surface area contributed by atoms with Crippen molar-refractivity contribution in [2.75, 3.05) is 11.1 Å². The van der Waals surface area contributed by atoms with Gasteiger partial charge >= 0.3 is 5.97 Å². The van der Waals surface area contributed by atoms with Crippen LogP contribution >= 0.6 is 0 Å². The number of rotatable bonds is 2. The minimum atomic E-state index is -3.65. The number of carboxylic acids is 1. The van der Waals surface area contributed by atoms with Crippen molar-refractivity contribution in [1.82, 2.24) is 0 Å². The Kier molecular flexibility index (Phi) is 3.08. The number of para-hydroxylation sites is 1. The molecule has 0 unspecified atom stereocenters. The fourth-order valence-electron chi connectivity index (χ4n) is 1.87. The van der Waals surface area contributed by atoms with Gasteiger partial charge in [0.1, 0.15) is 0 Å². The Morgan fingerprint density at radius 1 is 1.39 bits per heavy atom. The van der Waals surface area contributed by atoms with E-state index in [0.29, 0.717) is 0 Å². The van der Waals surface area contributed by atoms with Gasteiger partial charge in [-0.1, -0.05) is 12.1 Å². The molecule has 0 aromatic heterocycles. The zero-order valence-corrected chi connectivity index (χ0v) is 10.1. The Bertz CT molecular complexity index is 608. The van der Waals surface area contributed by atoms with E-state index in [4.69, 9.17) is 5.11 Å². The highest BCUT2D eigenvalue weighted by atomic mass is 32.2. The molecule has 1 atom stereocenters. The van der Waals surface area contributed by atoms with Gasteiger partial charge in [-0.05, 0) is 12.1 Å². The van der Waals surface area contributed by atoms with E-state index < -0.39 is 39.8 Å². The molecule has 0 bridgehead atoms. The number of amides is 1. The van der Waals surface area contributed by atoms with Gasteiger partial charge in [0.2, 0.25) is 5.91 Å². The summed E-state index contributed by atoms with van der Waals surface area (Å²) in [6, 6.07) is 6.04. The van der Waals surface area contributed by atoms with E-state index in [2.05, 4.69) is 5.32 Å². The monoisotopic (exact) mass is 269 g/mol. The molecule has 0 aliphatic carbocycles. The van der Waals surface area contributed by atoms with Gasteiger partial charge < -0.3 is 10.4 Å². The summed E-state index contributed by atoms with van der Waals surface area (Å²) in [7, 11) is -3.65. The van der Waals surface area contributed by atoms with E-state index in [-0.39, 0.29) is 10.6 Å². The lowest BCUT2D eigenvalue weighted by Crippen LogP contribution is -2.28. The van der Waals surface area contributed by atoms with Crippen molar-refractivity contribution in [3.8, 4) is 0 Å². The van der Waals surface area contributed by atoms with Gasteiger partial charge in [0.25, 0.3) is 0 Å². The molecular formula is C11H11NO5S. The van der Waals surface area contributed by atoms with E-state index in [1.165, 1.54) is 12.1 Å². The van der Waals surface area contributed by atoms with Gasteiger partial charge in [-0.2, -0.15) is 0 Å². The summed E-state index contributed by atoms with van der Waals surface area (Å²) in [4.78, 5) is 22.4. The molecule has 1 aliphatic heterocycles. The SMILES string of the molecule is O=C(O)C[C@@H]1CS(=O)(=O)c2ccccc2NC1=O. The second-order valence-electron chi connectivity index (χ2n) is 4.06. The smallest absolute Gasteiger partial charge is 0.304 e. The van der Waals surface area contributed by atoms with E-state index in [1.807, 2.05) is 0 Å². The molecule has 1 amide bonds. The molecule has 6 nitrogen and oxygen atoms in total. The van der Waals surface area contributed by atoms with E-state index in [0.717, 1.165) is 0 Å². The number of benzene rings is 1. The summed E-state index contributed by atoms with van der Waals surface area (Å²) in [5.41, 5.74) is 0.204. The first-order valence-corrected chi connectivity index (χ1v) is 6.90. The number of sulfone groups is 1. The minimum absolute atomic E-state index is 0.0336. The summed E-state index contributed by atoms with van der Waals surface area (Å²) in [5.74, 6) is -3.33. The summed E-state index contributed by atoms with van der Waals surface area (Å²) < 4.78 is 24.1. The topological polar surface area (TPSA) is 101 Å². The average Bonchev–Trinajstić information content (AvgIpc) is 2.35. The number of carboxylic acid groups (broad SMARTS) is 1. The van der Waals surface area contributed by atoms with Crippen molar-refractivity contribution in [3.05, 3.63) is 24.3 Å². The van der Waals surface area contributed by atoms with Crippen LogP contribution in [0.3, 0.4) is 0 Å². The van der Waals surface area contributed by atoms with Gasteiger partial charge in [-0.3, -0.25) is 9.59 Å². The zero-order valence-electron chi connectivity index (χ0n) is 9.29. The second kappa shape index (κ2) is 4.41. The largest absolute Gasteiger partial charge is 0.481 e. The summed E-state index contributed by atoms with van der Waals surface area (Å²) in [5, 5.41) is 11.1. The molecule has 2 N–H and O–H groups in total. The normalized spacial score (nSPS) is 21.6. The Labute approximate surface area is 104 Å². The van der Waals surface area contributed by atoms with E-state index in [1.54, 1.807) is 12.1 Å². The molecule has 7 heteroatoms. The number of anilines is 1. The standard InChI is InChI=1S/C11H11NO5S/c13-10(14)5-7-6-18(16,17)9-4-2-1-3-8(9)12-11(7)15/h1-4,7H,5-6H2,(H,12,15)(H,13,14)/t7-/m1/s1. The van der Waals surface area contributed by atoms with Gasteiger partial charge in [0.05, 0.1) is 28.7 Å². The molecule has 0 saturated carbocycles. The fourth-order valence-corrected chi connectivity index (χ4v) is 3.59. The highest BCUT2D eigenvalue weighted by molar-refractivity contribution is 7.91. The summed E-state index contributed by atoms with van der Waals surface area (Å²) >= 11 is 0. The van der Waals surface area contributed by atoms with Crippen LogP contribution in [0.4, 0.5) is 5.69 Å². The number of hydrogen-bond acceptors (Lipinski definition) is 4. The van der Waals surface area contributed by atoms with Gasteiger partial charge in [0.15, 0.2) is 9.84 Å². The summed E-state index contributed by atoms with van der Waals surface area (Å²) in [6.07, 6.45) is -0.501. The zero-order chi connectivity index (χ0) is 13.3. The third-order valence-electron chi connectivity index (χ3n) is 2.69. The predicted molar refractivity (Wildman–Crippen MR) is 62.9 cm³/mol. The van der Waals surface area contributed by atoms with Crippen LogP contribution < -0.4 is 5.32 Å². The second-order valence-corrected chi connectivity index (χ2v) is 6.06. The minimum Gasteiger partial charge on any atom is -0.481 e. The third kappa shape index (κ3) is 2.35. The first-order chi connectivity index (χ1) is 8.40. The van der Waals surface area contributed by atoms with Crippen molar-refractivity contribution in [2.45, 2.75) is 11.3 Å². The molecule has 0 radical (unpaired) electrons. The highest BCUT2D eigenvalue weighted by Gasteiger charge is 2.33. The molecule has 2 rings (SSSR count). The number of fused-ring (bicyclic) bond motifs is 1. The third-order valence-corrected chi connectivity index (χ3v) is 4.56. The van der Waals surface area contributed by atoms with Gasteiger partial charge in [0, 0.05) is 0 Å². The molecule has 96 valence electrons. The Balaban J connectivity index is 2.45. The van der Waals surface area contributed by atoms with Crippen molar-refractivity contribution >= 4 is 27.4 Å². The van der Waals surface area contributed by atoms with Crippen LogP contribution in [0.1, 0.15) is 6.42 Å². The quantitative estimate of drug-likeness (QED) is 0.814. The molecule has 1 heterocycles. The lowest BCUT2D eigenvalue weighted by Gasteiger charge is -2.09. The molecule has 0 saturated heterocycles. The van der Waals surface area contributed by atoms with E-state index in [9.17, 15) is 18.0 Å². The van der Waals surface area contributed by atoms with Crippen LogP contribution in [-0.4, -0.2) is 31.2 Å². The molecule has 1 aromatic carbocycles. The first-order valence-electron chi connectivity index (χ1n) is 5.24. The van der Waals surface area contributed by atoms with Crippen LogP contribution in [0, 0.1) is 5.92 Å². The number of carbonyl (C=O) groups excluding carboxylic acids is 1. The first kappa shape index (κ1) is 12.6. The van der Waals surface area contributed by atoms with Crippen molar-refractivity contribution in [3.63, 3.8) is 0 Å². The Morgan fingerprint density at radius 2 is 2.06 bits per heavy atom. The highest BCUT2D eigenvalue weighted by Crippen LogP contribution is 2.28. The summed E-state index contributed by atoms with van der Waals surface area (Å²) in [6.45, 7) is 0. The lowest BCUT2D eigenvalue weighted by molar-refractivity contribution is -0.139. The fraction of sp³-hybridized carbons (Fsp3) is 0.273. The molecule has 0 spiro atoms. The predicted octanol–water partition coefficient (Wildman–Crippen LogP) is 0.503. The van der Waals surface area contributed by atoms with Crippen LogP contribution in [0.25, 0.3) is 0 Å². The maximum absolute atomic E-state index is 12.0. The molecule has 1 aromatic rings. The van der Waals surface area contributed by atoms with Crippen LogP contribution in [0.15, 0.2) is 29.2 Å². The van der Waals surface area contributed by atoms with Gasteiger partial charge in [-0.25, -0.2) is 8.42 Å². The van der Waals surface area contributed by atoms with Crippen LogP contribution in [0.2, 0.25) is 0 Å². The van der Waals surface area contributed by atoms with Crippen molar-refractivity contribution in [2.24, 2.45) is 5.92 Å². The lowest BCUT2D eigenvalue weighted by atomic mass is 10.1. The maximum Gasteiger partial charge on any atom is 0.304 e. The van der Waals surface area contributed by atoms with Gasteiger partial charge in [-0.15, -0.1) is 0 Å². The number of carbonyl (C=O) groups is 2. The molecular weight excluding hydrogens is 258 g/mol. The van der Waals surface area contributed by atoms with Crippen molar-refractivity contribution < 1.29 is 23.1 Å². The van der Waals surface area contributed by atoms with Crippen molar-refractivity contribution in [1.29, 1.82) is 0 Å². The number of nitrogens with one attached hydrogen (secondary N) is 1.